The fourth-order valence-electron chi connectivity index (χ4n) is 1.05. The van der Waals surface area contributed by atoms with Gasteiger partial charge >= 0.3 is 0 Å². The van der Waals surface area contributed by atoms with Crippen molar-refractivity contribution in [2.45, 2.75) is 34.6 Å². The minimum atomic E-state index is -0.364. The minimum absolute atomic E-state index is 0.0590. The minimum Gasteiger partial charge on any atom is -0.458 e. The first-order valence-electron chi connectivity index (χ1n) is 4.44. The molecule has 1 aromatic rings. The predicted octanol–water partition coefficient (Wildman–Crippen LogP) is 3.13. The summed E-state index contributed by atoms with van der Waals surface area (Å²) >= 11 is 0. The molecule has 2 heteroatoms. The number of ketones is 1. The van der Waals surface area contributed by atoms with Crippen molar-refractivity contribution in [3.05, 3.63) is 23.2 Å². The lowest BCUT2D eigenvalue weighted by molar-refractivity contribution is 0.0827. The molecule has 0 aromatic carbocycles. The molecule has 0 fully saturated rings. The SMILES string of the molecule is Cc1cc(C(=O)C(C)(C)C)oc1C. The Morgan fingerprint density at radius 3 is 2.15 bits per heavy atom. The summed E-state index contributed by atoms with van der Waals surface area (Å²) in [6, 6.07) is 1.81. The topological polar surface area (TPSA) is 30.2 Å². The molecule has 1 heterocycles. The Balaban J connectivity index is 3.03. The van der Waals surface area contributed by atoms with Gasteiger partial charge in [-0.25, -0.2) is 0 Å². The lowest BCUT2D eigenvalue weighted by Crippen LogP contribution is -2.19. The van der Waals surface area contributed by atoms with Crippen LogP contribution in [0.2, 0.25) is 0 Å². The number of carbonyl (C=O) groups excluding carboxylic acids is 1. The van der Waals surface area contributed by atoms with Gasteiger partial charge in [0, 0.05) is 5.41 Å². The van der Waals surface area contributed by atoms with Crippen molar-refractivity contribution in [2.24, 2.45) is 5.41 Å². The summed E-state index contributed by atoms with van der Waals surface area (Å²) in [7, 11) is 0. The first kappa shape index (κ1) is 10.0. The van der Waals surface area contributed by atoms with Crippen LogP contribution in [0.3, 0.4) is 0 Å². The van der Waals surface area contributed by atoms with Crippen molar-refractivity contribution in [2.75, 3.05) is 0 Å². The highest BCUT2D eigenvalue weighted by atomic mass is 16.3. The van der Waals surface area contributed by atoms with E-state index in [4.69, 9.17) is 4.42 Å². The molecule has 13 heavy (non-hydrogen) atoms. The number of furan rings is 1. The van der Waals surface area contributed by atoms with Crippen molar-refractivity contribution in [3.63, 3.8) is 0 Å². The first-order chi connectivity index (χ1) is 5.82. The molecule has 1 rings (SSSR count). The van der Waals surface area contributed by atoms with E-state index < -0.39 is 0 Å². The Bertz CT molecular complexity index is 307. The zero-order chi connectivity index (χ0) is 10.2. The van der Waals surface area contributed by atoms with Gasteiger partial charge in [0.15, 0.2) is 5.76 Å². The van der Waals surface area contributed by atoms with Gasteiger partial charge in [0.1, 0.15) is 5.76 Å². The quantitative estimate of drug-likeness (QED) is 0.621. The normalized spacial score (nSPS) is 11.8. The fraction of sp³-hybridized carbons (Fsp3) is 0.545. The summed E-state index contributed by atoms with van der Waals surface area (Å²) in [5.74, 6) is 1.36. The fourth-order valence-corrected chi connectivity index (χ4v) is 1.05. The van der Waals surface area contributed by atoms with Gasteiger partial charge in [-0.15, -0.1) is 0 Å². The number of Topliss-reactive ketones (excluding diaryl/α,β-unsaturated/α-hetero) is 1. The molecule has 0 aliphatic carbocycles. The molecule has 0 amide bonds. The average Bonchev–Trinajstić information content (AvgIpc) is 2.29. The van der Waals surface area contributed by atoms with Crippen LogP contribution < -0.4 is 0 Å². The second kappa shape index (κ2) is 3.02. The molecule has 0 spiro atoms. The predicted molar refractivity (Wildman–Crippen MR) is 52.0 cm³/mol. The van der Waals surface area contributed by atoms with Gasteiger partial charge in [-0.1, -0.05) is 20.8 Å². The van der Waals surface area contributed by atoms with Crippen LogP contribution in [-0.2, 0) is 0 Å². The number of hydrogen-bond acceptors (Lipinski definition) is 2. The molecule has 0 bridgehead atoms. The lowest BCUT2D eigenvalue weighted by Gasteiger charge is -2.13. The van der Waals surface area contributed by atoms with Gasteiger partial charge in [0.2, 0.25) is 5.78 Å². The first-order valence-corrected chi connectivity index (χ1v) is 4.44. The Morgan fingerprint density at radius 2 is 1.85 bits per heavy atom. The van der Waals surface area contributed by atoms with Crippen LogP contribution in [0.1, 0.15) is 42.6 Å². The summed E-state index contributed by atoms with van der Waals surface area (Å²) < 4.78 is 5.35. The second-order valence-corrected chi connectivity index (χ2v) is 4.43. The second-order valence-electron chi connectivity index (χ2n) is 4.43. The molecule has 2 nitrogen and oxygen atoms in total. The smallest absolute Gasteiger partial charge is 0.203 e. The Hall–Kier alpha value is -1.05. The maximum Gasteiger partial charge on any atom is 0.203 e. The Morgan fingerprint density at radius 1 is 1.31 bits per heavy atom. The van der Waals surface area contributed by atoms with Crippen LogP contribution in [0.4, 0.5) is 0 Å². The molecule has 0 radical (unpaired) electrons. The Labute approximate surface area is 78.9 Å². The molecular weight excluding hydrogens is 164 g/mol. The molecule has 72 valence electrons. The van der Waals surface area contributed by atoms with E-state index in [9.17, 15) is 4.79 Å². The number of rotatable bonds is 1. The largest absolute Gasteiger partial charge is 0.458 e. The van der Waals surface area contributed by atoms with Gasteiger partial charge in [-0.05, 0) is 25.5 Å². The third-order valence-corrected chi connectivity index (χ3v) is 2.07. The van der Waals surface area contributed by atoms with Crippen molar-refractivity contribution in [1.82, 2.24) is 0 Å². The molecule has 0 N–H and O–H groups in total. The van der Waals surface area contributed by atoms with E-state index in [0.29, 0.717) is 5.76 Å². The third kappa shape index (κ3) is 2.00. The van der Waals surface area contributed by atoms with Gasteiger partial charge in [0.25, 0.3) is 0 Å². The summed E-state index contributed by atoms with van der Waals surface area (Å²) in [5, 5.41) is 0. The molecule has 0 unspecified atom stereocenters. The standard InChI is InChI=1S/C11H16O2/c1-7-6-9(13-8(7)2)10(12)11(3,4)5/h6H,1-5H3. The van der Waals surface area contributed by atoms with Crippen LogP contribution in [0, 0.1) is 19.3 Å². The molecule has 0 saturated heterocycles. The molecular formula is C11H16O2. The van der Waals surface area contributed by atoms with E-state index in [0.717, 1.165) is 11.3 Å². The highest BCUT2D eigenvalue weighted by Gasteiger charge is 2.25. The van der Waals surface area contributed by atoms with Gasteiger partial charge in [-0.3, -0.25) is 4.79 Å². The highest BCUT2D eigenvalue weighted by molar-refractivity contribution is 5.97. The zero-order valence-electron chi connectivity index (χ0n) is 8.89. The van der Waals surface area contributed by atoms with Crippen molar-refractivity contribution in [1.29, 1.82) is 0 Å². The van der Waals surface area contributed by atoms with E-state index in [1.165, 1.54) is 0 Å². The third-order valence-electron chi connectivity index (χ3n) is 2.07. The van der Waals surface area contributed by atoms with Crippen molar-refractivity contribution < 1.29 is 9.21 Å². The monoisotopic (exact) mass is 180 g/mol. The van der Waals surface area contributed by atoms with Crippen LogP contribution in [0.15, 0.2) is 10.5 Å². The average molecular weight is 180 g/mol. The highest BCUT2D eigenvalue weighted by Crippen LogP contribution is 2.23. The maximum absolute atomic E-state index is 11.7. The summed E-state index contributed by atoms with van der Waals surface area (Å²) in [5.41, 5.74) is 0.670. The molecule has 0 aliphatic heterocycles. The summed E-state index contributed by atoms with van der Waals surface area (Å²) in [4.78, 5) is 11.7. The number of carbonyl (C=O) groups is 1. The molecule has 0 atom stereocenters. The van der Waals surface area contributed by atoms with Crippen LogP contribution in [0.25, 0.3) is 0 Å². The molecule has 1 aromatic heterocycles. The number of hydrogen-bond donors (Lipinski definition) is 0. The summed E-state index contributed by atoms with van der Waals surface area (Å²) in [6.45, 7) is 9.49. The van der Waals surface area contributed by atoms with Gasteiger partial charge in [0.05, 0.1) is 0 Å². The Kier molecular flexibility index (Phi) is 2.33. The van der Waals surface area contributed by atoms with Gasteiger partial charge < -0.3 is 4.42 Å². The van der Waals surface area contributed by atoms with Crippen molar-refractivity contribution >= 4 is 5.78 Å². The van der Waals surface area contributed by atoms with Crippen LogP contribution in [0.5, 0.6) is 0 Å². The lowest BCUT2D eigenvalue weighted by atomic mass is 9.89. The van der Waals surface area contributed by atoms with Gasteiger partial charge in [-0.2, -0.15) is 0 Å². The molecule has 0 aliphatic rings. The molecule has 0 saturated carbocycles. The van der Waals surface area contributed by atoms with E-state index in [1.54, 1.807) is 0 Å². The maximum atomic E-state index is 11.7. The zero-order valence-corrected chi connectivity index (χ0v) is 8.89. The van der Waals surface area contributed by atoms with Crippen LogP contribution >= 0.6 is 0 Å². The number of aryl methyl sites for hydroxylation is 2. The van der Waals surface area contributed by atoms with Crippen molar-refractivity contribution in [3.8, 4) is 0 Å². The van der Waals surface area contributed by atoms with E-state index in [-0.39, 0.29) is 11.2 Å². The summed E-state index contributed by atoms with van der Waals surface area (Å²) in [6.07, 6.45) is 0. The van der Waals surface area contributed by atoms with E-state index in [1.807, 2.05) is 40.7 Å². The van der Waals surface area contributed by atoms with E-state index >= 15 is 0 Å². The van der Waals surface area contributed by atoms with Crippen LogP contribution in [-0.4, -0.2) is 5.78 Å². The van der Waals surface area contributed by atoms with E-state index in [2.05, 4.69) is 0 Å².